The minimum atomic E-state index is -0.689. The van der Waals surface area contributed by atoms with Crippen LogP contribution in [-0.2, 0) is 27.2 Å². The highest BCUT2D eigenvalue weighted by atomic mass is 16.5. The normalized spacial score (nSPS) is 13.1. The van der Waals surface area contributed by atoms with Gasteiger partial charge in [-0.3, -0.25) is 4.79 Å². The molecular weight excluding hydrogens is 326 g/mol. The standard InChI is InChI=1S/C22H27NO3/c1-16(2)26-22(25)20(15-19-12-8-5-9-13-19)23-21(24)17(3)14-18-10-6-4-7-11-18/h4-13,16-17,20H,14-15H2,1-3H3,(H,23,24)/t17-,20+/m1/s1. The summed E-state index contributed by atoms with van der Waals surface area (Å²) in [7, 11) is 0. The summed E-state index contributed by atoms with van der Waals surface area (Å²) in [6.07, 6.45) is 0.819. The van der Waals surface area contributed by atoms with Crippen LogP contribution >= 0.6 is 0 Å². The van der Waals surface area contributed by atoms with Crippen LogP contribution in [0.25, 0.3) is 0 Å². The Kier molecular flexibility index (Phi) is 7.39. The van der Waals surface area contributed by atoms with E-state index >= 15 is 0 Å². The summed E-state index contributed by atoms with van der Waals surface area (Å²) in [5.74, 6) is -0.776. The molecule has 1 N–H and O–H groups in total. The Morgan fingerprint density at radius 2 is 1.35 bits per heavy atom. The van der Waals surface area contributed by atoms with Crippen molar-refractivity contribution >= 4 is 11.9 Å². The maximum absolute atomic E-state index is 12.6. The maximum Gasteiger partial charge on any atom is 0.329 e. The van der Waals surface area contributed by atoms with Crippen molar-refractivity contribution < 1.29 is 14.3 Å². The van der Waals surface area contributed by atoms with Gasteiger partial charge in [0.05, 0.1) is 6.10 Å². The summed E-state index contributed by atoms with van der Waals surface area (Å²) in [5, 5.41) is 2.88. The van der Waals surface area contributed by atoms with E-state index in [2.05, 4.69) is 5.32 Å². The van der Waals surface area contributed by atoms with E-state index in [-0.39, 0.29) is 17.9 Å². The molecule has 0 aromatic heterocycles. The molecule has 138 valence electrons. The van der Waals surface area contributed by atoms with Crippen LogP contribution in [0.3, 0.4) is 0 Å². The van der Waals surface area contributed by atoms with Crippen molar-refractivity contribution in [2.45, 2.75) is 45.8 Å². The second-order valence-corrected chi connectivity index (χ2v) is 6.83. The number of hydrogen-bond acceptors (Lipinski definition) is 3. The summed E-state index contributed by atoms with van der Waals surface area (Å²) in [6, 6.07) is 18.8. The summed E-state index contributed by atoms with van der Waals surface area (Å²) < 4.78 is 5.33. The zero-order chi connectivity index (χ0) is 18.9. The van der Waals surface area contributed by atoms with Crippen molar-refractivity contribution in [2.75, 3.05) is 0 Å². The lowest BCUT2D eigenvalue weighted by atomic mass is 9.99. The zero-order valence-corrected chi connectivity index (χ0v) is 15.6. The zero-order valence-electron chi connectivity index (χ0n) is 15.6. The second kappa shape index (κ2) is 9.76. The molecule has 0 heterocycles. The third kappa shape index (κ3) is 6.36. The van der Waals surface area contributed by atoms with E-state index in [1.54, 1.807) is 13.8 Å². The van der Waals surface area contributed by atoms with Crippen molar-refractivity contribution in [2.24, 2.45) is 5.92 Å². The van der Waals surface area contributed by atoms with Crippen molar-refractivity contribution in [3.63, 3.8) is 0 Å². The van der Waals surface area contributed by atoms with Gasteiger partial charge in [-0.2, -0.15) is 0 Å². The van der Waals surface area contributed by atoms with Gasteiger partial charge in [0.2, 0.25) is 5.91 Å². The van der Waals surface area contributed by atoms with Crippen molar-refractivity contribution in [1.29, 1.82) is 0 Å². The van der Waals surface area contributed by atoms with Gasteiger partial charge < -0.3 is 10.1 Å². The molecule has 0 fully saturated rings. The molecule has 26 heavy (non-hydrogen) atoms. The maximum atomic E-state index is 12.6. The first-order valence-electron chi connectivity index (χ1n) is 9.04. The fraction of sp³-hybridized carbons (Fsp3) is 0.364. The van der Waals surface area contributed by atoms with E-state index < -0.39 is 12.0 Å². The van der Waals surface area contributed by atoms with Gasteiger partial charge in [-0.05, 0) is 31.4 Å². The third-order valence-corrected chi connectivity index (χ3v) is 4.07. The number of nitrogens with one attached hydrogen (secondary N) is 1. The molecule has 0 saturated heterocycles. The largest absolute Gasteiger partial charge is 0.461 e. The minimum absolute atomic E-state index is 0.143. The second-order valence-electron chi connectivity index (χ2n) is 6.83. The van der Waals surface area contributed by atoms with Crippen molar-refractivity contribution in [3.8, 4) is 0 Å². The molecule has 1 amide bonds. The fourth-order valence-corrected chi connectivity index (χ4v) is 2.73. The lowest BCUT2D eigenvalue weighted by Gasteiger charge is -2.21. The first-order chi connectivity index (χ1) is 12.5. The summed E-state index contributed by atoms with van der Waals surface area (Å²) in [4.78, 5) is 25.1. The highest BCUT2D eigenvalue weighted by molar-refractivity contribution is 5.86. The van der Waals surface area contributed by atoms with Crippen LogP contribution in [0.1, 0.15) is 31.9 Å². The molecule has 2 aromatic rings. The molecule has 4 nitrogen and oxygen atoms in total. The smallest absolute Gasteiger partial charge is 0.329 e. The Morgan fingerprint density at radius 1 is 0.846 bits per heavy atom. The van der Waals surface area contributed by atoms with Crippen LogP contribution in [0.5, 0.6) is 0 Å². The number of benzene rings is 2. The average molecular weight is 353 g/mol. The molecule has 2 aromatic carbocycles. The van der Waals surface area contributed by atoms with E-state index in [1.165, 1.54) is 0 Å². The quantitative estimate of drug-likeness (QED) is 0.739. The van der Waals surface area contributed by atoms with Crippen LogP contribution in [0.15, 0.2) is 60.7 Å². The van der Waals surface area contributed by atoms with E-state index in [9.17, 15) is 9.59 Å². The molecule has 0 bridgehead atoms. The number of carbonyl (C=O) groups excluding carboxylic acids is 2. The Balaban J connectivity index is 2.04. The Bertz CT molecular complexity index is 698. The lowest BCUT2D eigenvalue weighted by molar-refractivity contribution is -0.151. The summed E-state index contributed by atoms with van der Waals surface area (Å²) >= 11 is 0. The van der Waals surface area contributed by atoms with E-state index in [0.29, 0.717) is 12.8 Å². The molecule has 0 radical (unpaired) electrons. The number of ether oxygens (including phenoxy) is 1. The first kappa shape index (κ1) is 19.7. The molecule has 4 heteroatoms. The van der Waals surface area contributed by atoms with Crippen molar-refractivity contribution in [3.05, 3.63) is 71.8 Å². The highest BCUT2D eigenvalue weighted by Gasteiger charge is 2.25. The summed E-state index contributed by atoms with van der Waals surface area (Å²) in [6.45, 7) is 5.48. The number of esters is 1. The minimum Gasteiger partial charge on any atom is -0.461 e. The fourth-order valence-electron chi connectivity index (χ4n) is 2.73. The Hall–Kier alpha value is -2.62. The van der Waals surface area contributed by atoms with Gasteiger partial charge in [0.1, 0.15) is 6.04 Å². The Morgan fingerprint density at radius 3 is 1.85 bits per heavy atom. The van der Waals surface area contributed by atoms with Gasteiger partial charge in [-0.25, -0.2) is 4.79 Å². The molecule has 0 aliphatic rings. The van der Waals surface area contributed by atoms with Crippen LogP contribution < -0.4 is 5.32 Å². The number of carbonyl (C=O) groups is 2. The van der Waals surface area contributed by atoms with Gasteiger partial charge in [0.25, 0.3) is 0 Å². The van der Waals surface area contributed by atoms with E-state index in [0.717, 1.165) is 11.1 Å². The lowest BCUT2D eigenvalue weighted by Crippen LogP contribution is -2.46. The highest BCUT2D eigenvalue weighted by Crippen LogP contribution is 2.11. The van der Waals surface area contributed by atoms with Gasteiger partial charge >= 0.3 is 5.97 Å². The molecule has 0 spiro atoms. The van der Waals surface area contributed by atoms with Crippen LogP contribution in [0.4, 0.5) is 0 Å². The summed E-state index contributed by atoms with van der Waals surface area (Å²) in [5.41, 5.74) is 2.08. The number of amides is 1. The number of rotatable bonds is 8. The third-order valence-electron chi connectivity index (χ3n) is 4.07. The monoisotopic (exact) mass is 353 g/mol. The molecule has 0 unspecified atom stereocenters. The topological polar surface area (TPSA) is 55.4 Å². The average Bonchev–Trinajstić information content (AvgIpc) is 2.62. The van der Waals surface area contributed by atoms with Crippen molar-refractivity contribution in [1.82, 2.24) is 5.32 Å². The predicted molar refractivity (Wildman–Crippen MR) is 103 cm³/mol. The Labute approximate surface area is 155 Å². The number of hydrogen-bond donors (Lipinski definition) is 1. The molecule has 2 atom stereocenters. The van der Waals surface area contributed by atoms with E-state index in [1.807, 2.05) is 67.6 Å². The van der Waals surface area contributed by atoms with Gasteiger partial charge in [-0.1, -0.05) is 67.6 Å². The predicted octanol–water partition coefficient (Wildman–Crippen LogP) is 3.54. The molecular formula is C22H27NO3. The SMILES string of the molecule is CC(C)OC(=O)[C@H](Cc1ccccc1)NC(=O)[C@H](C)Cc1ccccc1. The van der Waals surface area contributed by atoms with Gasteiger partial charge in [-0.15, -0.1) is 0 Å². The molecule has 0 aliphatic carbocycles. The first-order valence-corrected chi connectivity index (χ1v) is 9.04. The molecule has 0 saturated carbocycles. The molecule has 2 rings (SSSR count). The van der Waals surface area contributed by atoms with Crippen LogP contribution in [-0.4, -0.2) is 24.0 Å². The van der Waals surface area contributed by atoms with Crippen LogP contribution in [0, 0.1) is 5.92 Å². The molecule has 0 aliphatic heterocycles. The van der Waals surface area contributed by atoms with E-state index in [4.69, 9.17) is 4.74 Å². The van der Waals surface area contributed by atoms with Crippen LogP contribution in [0.2, 0.25) is 0 Å². The van der Waals surface area contributed by atoms with Gasteiger partial charge in [0.15, 0.2) is 0 Å². The van der Waals surface area contributed by atoms with Gasteiger partial charge in [0, 0.05) is 12.3 Å².